The van der Waals surface area contributed by atoms with E-state index in [0.29, 0.717) is 12.0 Å². The van der Waals surface area contributed by atoms with Gasteiger partial charge in [0, 0.05) is 7.11 Å². The van der Waals surface area contributed by atoms with Crippen LogP contribution in [0.15, 0.2) is 23.3 Å². The van der Waals surface area contributed by atoms with Gasteiger partial charge in [0.25, 0.3) is 0 Å². The van der Waals surface area contributed by atoms with E-state index in [4.69, 9.17) is 4.74 Å². The largest absolute Gasteiger partial charge is 0.381 e. The lowest BCUT2D eigenvalue weighted by molar-refractivity contribution is 0.231. The Morgan fingerprint density at radius 3 is 1.94 bits per heavy atom. The van der Waals surface area contributed by atoms with Crippen molar-refractivity contribution >= 4 is 0 Å². The summed E-state index contributed by atoms with van der Waals surface area (Å²) in [5, 5.41) is 0. The van der Waals surface area contributed by atoms with Crippen molar-refractivity contribution in [2.24, 2.45) is 10.8 Å². The Morgan fingerprint density at radius 1 is 0.944 bits per heavy atom. The standard InChI is InChI=1S/C17H32O/c1-14(16(3,4)5)10-9-12-17(6,7)15(2)11-13-18-8/h10-11H,9,12-13H2,1-8H3/b14-10+,15-11+. The first kappa shape index (κ1) is 17.4. The Hall–Kier alpha value is -0.560. The number of methoxy groups -OCH3 is 1. The van der Waals surface area contributed by atoms with E-state index in [1.807, 2.05) is 0 Å². The normalized spacial score (nSPS) is 15.1. The molecule has 0 saturated carbocycles. The molecule has 1 nitrogen and oxygen atoms in total. The summed E-state index contributed by atoms with van der Waals surface area (Å²) in [7, 11) is 1.74. The van der Waals surface area contributed by atoms with Crippen molar-refractivity contribution in [1.29, 1.82) is 0 Å². The first-order valence-corrected chi connectivity index (χ1v) is 6.94. The molecule has 0 saturated heterocycles. The van der Waals surface area contributed by atoms with E-state index >= 15 is 0 Å². The molecule has 0 atom stereocenters. The van der Waals surface area contributed by atoms with Crippen LogP contribution in [0.1, 0.15) is 61.3 Å². The van der Waals surface area contributed by atoms with E-state index in [9.17, 15) is 0 Å². The molecule has 0 radical (unpaired) electrons. The highest BCUT2D eigenvalue weighted by Gasteiger charge is 2.19. The van der Waals surface area contributed by atoms with Crippen LogP contribution < -0.4 is 0 Å². The molecule has 0 aliphatic heterocycles. The third-order valence-electron chi connectivity index (χ3n) is 4.03. The maximum atomic E-state index is 5.11. The quantitative estimate of drug-likeness (QED) is 0.577. The van der Waals surface area contributed by atoms with Gasteiger partial charge in [0.2, 0.25) is 0 Å². The lowest BCUT2D eigenvalue weighted by atomic mass is 9.79. The molecule has 0 aromatic carbocycles. The third-order valence-corrected chi connectivity index (χ3v) is 4.03. The maximum absolute atomic E-state index is 5.11. The SMILES string of the molecule is COC/C=C(\C)C(C)(C)CC/C=C(\C)C(C)(C)C. The van der Waals surface area contributed by atoms with Crippen molar-refractivity contribution in [3.8, 4) is 0 Å². The van der Waals surface area contributed by atoms with Crippen LogP contribution in [0.5, 0.6) is 0 Å². The van der Waals surface area contributed by atoms with E-state index in [0.717, 1.165) is 6.42 Å². The van der Waals surface area contributed by atoms with Gasteiger partial charge in [0.15, 0.2) is 0 Å². The van der Waals surface area contributed by atoms with Gasteiger partial charge in [-0.3, -0.25) is 0 Å². The van der Waals surface area contributed by atoms with Gasteiger partial charge in [-0.15, -0.1) is 0 Å². The van der Waals surface area contributed by atoms with Crippen molar-refractivity contribution in [2.45, 2.75) is 61.3 Å². The molecule has 0 fully saturated rings. The minimum Gasteiger partial charge on any atom is -0.381 e. The molecule has 0 unspecified atom stereocenters. The molecule has 106 valence electrons. The average molecular weight is 252 g/mol. The van der Waals surface area contributed by atoms with Crippen LogP contribution in [-0.2, 0) is 4.74 Å². The second kappa shape index (κ2) is 7.13. The molecular weight excluding hydrogens is 220 g/mol. The van der Waals surface area contributed by atoms with Gasteiger partial charge in [-0.1, -0.05) is 57.9 Å². The summed E-state index contributed by atoms with van der Waals surface area (Å²) in [5.74, 6) is 0. The zero-order valence-electron chi connectivity index (χ0n) is 13.7. The molecule has 0 aromatic rings. The Balaban J connectivity index is 4.45. The van der Waals surface area contributed by atoms with Crippen LogP contribution >= 0.6 is 0 Å². The monoisotopic (exact) mass is 252 g/mol. The van der Waals surface area contributed by atoms with E-state index in [1.165, 1.54) is 17.6 Å². The topological polar surface area (TPSA) is 9.23 Å². The molecule has 18 heavy (non-hydrogen) atoms. The Bertz CT molecular complexity index is 300. The van der Waals surface area contributed by atoms with Crippen molar-refractivity contribution in [2.75, 3.05) is 13.7 Å². The van der Waals surface area contributed by atoms with Gasteiger partial charge in [-0.2, -0.15) is 0 Å². The molecule has 0 amide bonds. The Morgan fingerprint density at radius 2 is 1.50 bits per heavy atom. The summed E-state index contributed by atoms with van der Waals surface area (Å²) in [6.07, 6.45) is 6.92. The lowest BCUT2D eigenvalue weighted by Crippen LogP contribution is -2.13. The molecule has 0 heterocycles. The number of allylic oxidation sites excluding steroid dienone is 3. The van der Waals surface area contributed by atoms with Crippen LogP contribution in [0.3, 0.4) is 0 Å². The van der Waals surface area contributed by atoms with E-state index in [2.05, 4.69) is 60.6 Å². The van der Waals surface area contributed by atoms with Crippen molar-refractivity contribution in [3.63, 3.8) is 0 Å². The second-order valence-corrected chi connectivity index (χ2v) is 6.90. The molecule has 0 bridgehead atoms. The fourth-order valence-electron chi connectivity index (χ4n) is 1.64. The van der Waals surface area contributed by atoms with Gasteiger partial charge >= 0.3 is 0 Å². The highest BCUT2D eigenvalue weighted by atomic mass is 16.5. The van der Waals surface area contributed by atoms with Gasteiger partial charge in [-0.05, 0) is 37.5 Å². The Labute approximate surface area is 114 Å². The summed E-state index contributed by atoms with van der Waals surface area (Å²) in [4.78, 5) is 0. The highest BCUT2D eigenvalue weighted by Crippen LogP contribution is 2.32. The summed E-state index contributed by atoms with van der Waals surface area (Å²) in [6, 6.07) is 0. The number of hydrogen-bond acceptors (Lipinski definition) is 1. The van der Waals surface area contributed by atoms with Gasteiger partial charge < -0.3 is 4.74 Å². The lowest BCUT2D eigenvalue weighted by Gasteiger charge is -2.26. The molecule has 0 spiro atoms. The number of ether oxygens (including phenoxy) is 1. The molecule has 1 heteroatoms. The first-order valence-electron chi connectivity index (χ1n) is 6.94. The average Bonchev–Trinajstić information content (AvgIpc) is 2.23. The van der Waals surface area contributed by atoms with Crippen LogP contribution in [0.2, 0.25) is 0 Å². The van der Waals surface area contributed by atoms with Crippen LogP contribution in [-0.4, -0.2) is 13.7 Å². The van der Waals surface area contributed by atoms with Crippen LogP contribution in [0, 0.1) is 10.8 Å². The second-order valence-electron chi connectivity index (χ2n) is 6.90. The zero-order valence-corrected chi connectivity index (χ0v) is 13.7. The van der Waals surface area contributed by atoms with E-state index < -0.39 is 0 Å². The fraction of sp³-hybridized carbons (Fsp3) is 0.765. The molecule has 0 rings (SSSR count). The molecule has 0 aromatic heterocycles. The van der Waals surface area contributed by atoms with Crippen molar-refractivity contribution in [3.05, 3.63) is 23.3 Å². The van der Waals surface area contributed by atoms with Gasteiger partial charge in [-0.25, -0.2) is 0 Å². The highest BCUT2D eigenvalue weighted by molar-refractivity contribution is 5.11. The summed E-state index contributed by atoms with van der Waals surface area (Å²) >= 11 is 0. The summed E-state index contributed by atoms with van der Waals surface area (Å²) in [6.45, 7) is 16.6. The smallest absolute Gasteiger partial charge is 0.0646 e. The first-order chi connectivity index (χ1) is 8.11. The molecule has 0 aliphatic rings. The molecule has 0 N–H and O–H groups in total. The molecular formula is C17H32O. The van der Waals surface area contributed by atoms with E-state index in [-0.39, 0.29) is 5.41 Å². The summed E-state index contributed by atoms with van der Waals surface area (Å²) in [5.41, 5.74) is 3.46. The predicted octanol–water partition coefficient (Wildman–Crippen LogP) is 5.38. The number of hydrogen-bond donors (Lipinski definition) is 0. The van der Waals surface area contributed by atoms with Crippen LogP contribution in [0.4, 0.5) is 0 Å². The predicted molar refractivity (Wildman–Crippen MR) is 81.9 cm³/mol. The Kier molecular flexibility index (Phi) is 6.91. The zero-order chi connectivity index (χ0) is 14.4. The van der Waals surface area contributed by atoms with Crippen molar-refractivity contribution < 1.29 is 4.74 Å². The van der Waals surface area contributed by atoms with Gasteiger partial charge in [0.05, 0.1) is 6.61 Å². The minimum atomic E-state index is 0.257. The minimum absolute atomic E-state index is 0.257. The van der Waals surface area contributed by atoms with Gasteiger partial charge in [0.1, 0.15) is 0 Å². The fourth-order valence-corrected chi connectivity index (χ4v) is 1.64. The number of rotatable bonds is 6. The molecule has 0 aliphatic carbocycles. The third kappa shape index (κ3) is 6.39. The van der Waals surface area contributed by atoms with Crippen LogP contribution in [0.25, 0.3) is 0 Å². The van der Waals surface area contributed by atoms with Crippen molar-refractivity contribution in [1.82, 2.24) is 0 Å². The summed E-state index contributed by atoms with van der Waals surface area (Å²) < 4.78 is 5.11. The van der Waals surface area contributed by atoms with E-state index in [1.54, 1.807) is 7.11 Å². The maximum Gasteiger partial charge on any atom is 0.0646 e.